The van der Waals surface area contributed by atoms with Crippen molar-refractivity contribution in [2.24, 2.45) is 0 Å². The quantitative estimate of drug-likeness (QED) is 0.448. The zero-order chi connectivity index (χ0) is 13.5. The fourth-order valence-electron chi connectivity index (χ4n) is 1.56. The van der Waals surface area contributed by atoms with E-state index in [1.165, 1.54) is 0 Å². The van der Waals surface area contributed by atoms with E-state index in [1.54, 1.807) is 30.3 Å². The maximum atomic E-state index is 10.8. The Hall–Kier alpha value is -2.39. The molecule has 0 heterocycles. The Bertz CT molecular complexity index is 558. The zero-order valence-corrected chi connectivity index (χ0v) is 10.4. The summed E-state index contributed by atoms with van der Waals surface area (Å²) in [5.74, 6) is 0.417. The predicted molar refractivity (Wildman–Crippen MR) is 73.8 cm³/mol. The lowest BCUT2D eigenvalue weighted by Crippen LogP contribution is -2.00. The molecule has 0 amide bonds. The summed E-state index contributed by atoms with van der Waals surface area (Å²) in [4.78, 5) is 21.1. The standard InChI is InChI=1S/C16H14O3/c1-2-13-7-9-14(10-8-13)12-18-19-16-6-4-3-5-15(16)11-17/h2-11H,1,12H2. The van der Waals surface area contributed by atoms with Gasteiger partial charge in [0.2, 0.25) is 0 Å². The Morgan fingerprint density at radius 1 is 1.05 bits per heavy atom. The molecule has 19 heavy (non-hydrogen) atoms. The van der Waals surface area contributed by atoms with Gasteiger partial charge in [-0.05, 0) is 23.3 Å². The van der Waals surface area contributed by atoms with Crippen LogP contribution in [0.2, 0.25) is 0 Å². The van der Waals surface area contributed by atoms with E-state index >= 15 is 0 Å². The second-order valence-electron chi connectivity index (χ2n) is 3.95. The first kappa shape index (κ1) is 13.1. The number of para-hydroxylation sites is 1. The van der Waals surface area contributed by atoms with Crippen LogP contribution in [0.1, 0.15) is 21.5 Å². The van der Waals surface area contributed by atoms with Crippen LogP contribution in [0.5, 0.6) is 5.75 Å². The Kier molecular flexibility index (Phi) is 4.48. The van der Waals surface area contributed by atoms with Crippen LogP contribution in [0.15, 0.2) is 55.1 Å². The van der Waals surface area contributed by atoms with Gasteiger partial charge in [0.1, 0.15) is 6.61 Å². The molecule has 3 nitrogen and oxygen atoms in total. The number of carbonyl (C=O) groups is 1. The van der Waals surface area contributed by atoms with Gasteiger partial charge in [0.05, 0.1) is 5.56 Å². The molecule has 0 aromatic heterocycles. The first-order chi connectivity index (χ1) is 9.33. The summed E-state index contributed by atoms with van der Waals surface area (Å²) >= 11 is 0. The lowest BCUT2D eigenvalue weighted by atomic mass is 10.1. The second kappa shape index (κ2) is 6.52. The molecule has 0 N–H and O–H groups in total. The minimum absolute atomic E-state index is 0.310. The van der Waals surface area contributed by atoms with Crippen molar-refractivity contribution in [1.82, 2.24) is 0 Å². The zero-order valence-electron chi connectivity index (χ0n) is 10.4. The monoisotopic (exact) mass is 254 g/mol. The molecule has 2 rings (SSSR count). The Morgan fingerprint density at radius 2 is 1.79 bits per heavy atom. The molecule has 2 aromatic rings. The molecule has 0 saturated heterocycles. The summed E-state index contributed by atoms with van der Waals surface area (Å²) in [5, 5.41) is 0. The molecule has 0 bridgehead atoms. The van der Waals surface area contributed by atoms with Gasteiger partial charge in [-0.25, -0.2) is 0 Å². The molecular weight excluding hydrogens is 240 g/mol. The number of benzene rings is 2. The van der Waals surface area contributed by atoms with Gasteiger partial charge >= 0.3 is 0 Å². The van der Waals surface area contributed by atoms with Crippen molar-refractivity contribution in [1.29, 1.82) is 0 Å². The van der Waals surface area contributed by atoms with Gasteiger partial charge < -0.3 is 4.89 Å². The van der Waals surface area contributed by atoms with Crippen LogP contribution < -0.4 is 4.89 Å². The van der Waals surface area contributed by atoms with Crippen LogP contribution in [0, 0.1) is 0 Å². The summed E-state index contributed by atoms with van der Waals surface area (Å²) in [6.45, 7) is 4.00. The average Bonchev–Trinajstić information content (AvgIpc) is 2.48. The fourth-order valence-corrected chi connectivity index (χ4v) is 1.56. The van der Waals surface area contributed by atoms with E-state index in [0.29, 0.717) is 17.9 Å². The summed E-state index contributed by atoms with van der Waals surface area (Å²) < 4.78 is 0. The third-order valence-electron chi connectivity index (χ3n) is 2.64. The SMILES string of the molecule is C=Cc1ccc(COOc2ccccc2C=O)cc1. The average molecular weight is 254 g/mol. The van der Waals surface area contributed by atoms with Crippen molar-refractivity contribution in [2.75, 3.05) is 0 Å². The Morgan fingerprint density at radius 3 is 2.47 bits per heavy atom. The number of rotatable bonds is 6. The smallest absolute Gasteiger partial charge is 0.175 e. The van der Waals surface area contributed by atoms with Crippen molar-refractivity contribution < 1.29 is 14.6 Å². The number of hydrogen-bond acceptors (Lipinski definition) is 3. The molecule has 0 saturated carbocycles. The van der Waals surface area contributed by atoms with Gasteiger partial charge in [-0.3, -0.25) is 4.79 Å². The summed E-state index contributed by atoms with van der Waals surface area (Å²) in [6.07, 6.45) is 2.51. The van der Waals surface area contributed by atoms with E-state index in [2.05, 4.69) is 6.58 Å². The van der Waals surface area contributed by atoms with Crippen LogP contribution in [0.25, 0.3) is 6.08 Å². The highest BCUT2D eigenvalue weighted by Gasteiger charge is 2.02. The van der Waals surface area contributed by atoms with Gasteiger partial charge in [-0.15, -0.1) is 0 Å². The van der Waals surface area contributed by atoms with Gasteiger partial charge in [0.15, 0.2) is 12.0 Å². The van der Waals surface area contributed by atoms with Crippen LogP contribution >= 0.6 is 0 Å². The summed E-state index contributed by atoms with van der Waals surface area (Å²) in [6, 6.07) is 14.7. The molecule has 96 valence electrons. The maximum absolute atomic E-state index is 10.8. The number of carbonyl (C=O) groups excluding carboxylic acids is 1. The molecule has 0 radical (unpaired) electrons. The van der Waals surface area contributed by atoms with Crippen molar-refractivity contribution in [3.63, 3.8) is 0 Å². The van der Waals surface area contributed by atoms with E-state index < -0.39 is 0 Å². The highest BCUT2D eigenvalue weighted by Crippen LogP contribution is 2.16. The Labute approximate surface area is 112 Å². The third kappa shape index (κ3) is 3.53. The van der Waals surface area contributed by atoms with E-state index in [0.717, 1.165) is 17.4 Å². The van der Waals surface area contributed by atoms with E-state index in [-0.39, 0.29) is 0 Å². The first-order valence-electron chi connectivity index (χ1n) is 5.88. The number of hydrogen-bond donors (Lipinski definition) is 0. The fraction of sp³-hybridized carbons (Fsp3) is 0.0625. The van der Waals surface area contributed by atoms with Gasteiger partial charge in [0.25, 0.3) is 0 Å². The van der Waals surface area contributed by atoms with Crippen LogP contribution in [-0.2, 0) is 11.5 Å². The molecule has 0 atom stereocenters. The summed E-state index contributed by atoms with van der Waals surface area (Å²) in [5.41, 5.74) is 2.50. The molecule has 0 unspecified atom stereocenters. The molecule has 0 aliphatic carbocycles. The van der Waals surface area contributed by atoms with Crippen LogP contribution in [-0.4, -0.2) is 6.29 Å². The molecule has 0 aliphatic rings. The largest absolute Gasteiger partial charge is 0.336 e. The molecule has 0 aliphatic heterocycles. The minimum atomic E-state index is 0.310. The van der Waals surface area contributed by atoms with E-state index in [4.69, 9.17) is 9.78 Å². The van der Waals surface area contributed by atoms with E-state index in [9.17, 15) is 4.79 Å². The topological polar surface area (TPSA) is 35.5 Å². The van der Waals surface area contributed by atoms with Gasteiger partial charge in [0, 0.05) is 0 Å². The molecule has 0 spiro atoms. The highest BCUT2D eigenvalue weighted by molar-refractivity contribution is 5.78. The van der Waals surface area contributed by atoms with Crippen LogP contribution in [0.3, 0.4) is 0 Å². The van der Waals surface area contributed by atoms with Crippen molar-refractivity contribution in [3.8, 4) is 5.75 Å². The molecule has 2 aromatic carbocycles. The van der Waals surface area contributed by atoms with Crippen LogP contribution in [0.4, 0.5) is 0 Å². The molecular formula is C16H14O3. The normalized spacial score (nSPS) is 9.89. The minimum Gasteiger partial charge on any atom is -0.336 e. The molecule has 0 fully saturated rings. The highest BCUT2D eigenvalue weighted by atomic mass is 17.2. The second-order valence-corrected chi connectivity index (χ2v) is 3.95. The number of aldehydes is 1. The van der Waals surface area contributed by atoms with Crippen molar-refractivity contribution >= 4 is 12.4 Å². The lowest BCUT2D eigenvalue weighted by Gasteiger charge is -2.07. The third-order valence-corrected chi connectivity index (χ3v) is 2.64. The van der Waals surface area contributed by atoms with E-state index in [1.807, 2.05) is 24.3 Å². The Balaban J connectivity index is 1.92. The predicted octanol–water partition coefficient (Wildman–Crippen LogP) is 3.65. The van der Waals surface area contributed by atoms with Gasteiger partial charge in [-0.1, -0.05) is 49.1 Å². The maximum Gasteiger partial charge on any atom is 0.175 e. The lowest BCUT2D eigenvalue weighted by molar-refractivity contribution is -0.217. The van der Waals surface area contributed by atoms with Gasteiger partial charge in [-0.2, -0.15) is 4.89 Å². The molecule has 3 heteroatoms. The first-order valence-corrected chi connectivity index (χ1v) is 5.88. The van der Waals surface area contributed by atoms with Crippen molar-refractivity contribution in [2.45, 2.75) is 6.61 Å². The summed E-state index contributed by atoms with van der Waals surface area (Å²) in [7, 11) is 0. The van der Waals surface area contributed by atoms with Crippen molar-refractivity contribution in [3.05, 3.63) is 71.8 Å².